The molecule has 17 heavy (non-hydrogen) atoms. The summed E-state index contributed by atoms with van der Waals surface area (Å²) in [6.45, 7) is 2.89. The molecule has 0 saturated heterocycles. The number of unbranched alkanes of at least 4 members (excludes halogenated alkanes) is 2. The number of benzene rings is 1. The molecule has 4 nitrogen and oxygen atoms in total. The van der Waals surface area contributed by atoms with E-state index in [0.29, 0.717) is 5.56 Å². The Labute approximate surface area is 102 Å². The van der Waals surface area contributed by atoms with Gasteiger partial charge in [-0.05, 0) is 37.8 Å². The van der Waals surface area contributed by atoms with Crippen LogP contribution in [0.1, 0.15) is 35.2 Å². The predicted octanol–water partition coefficient (Wildman–Crippen LogP) is 1.67. The first-order valence-corrected chi connectivity index (χ1v) is 5.91. The van der Waals surface area contributed by atoms with Crippen LogP contribution in [0, 0.1) is 6.92 Å². The average Bonchev–Trinajstić information content (AvgIpc) is 2.28. The molecule has 1 aromatic rings. The molecule has 94 valence electrons. The molecule has 4 heteroatoms. The molecule has 0 bridgehead atoms. The van der Waals surface area contributed by atoms with Gasteiger partial charge in [0.15, 0.2) is 0 Å². The summed E-state index contributed by atoms with van der Waals surface area (Å²) in [5.74, 6) is -0.402. The van der Waals surface area contributed by atoms with E-state index in [4.69, 9.17) is 10.8 Å². The highest BCUT2D eigenvalue weighted by atomic mass is 16.2. The van der Waals surface area contributed by atoms with E-state index >= 15 is 0 Å². The zero-order valence-corrected chi connectivity index (χ0v) is 10.2. The minimum atomic E-state index is -0.402. The predicted molar refractivity (Wildman–Crippen MR) is 69.1 cm³/mol. The number of hydrogen-bond acceptors (Lipinski definition) is 3. The fourth-order valence-corrected chi connectivity index (χ4v) is 1.78. The van der Waals surface area contributed by atoms with Crippen molar-refractivity contribution in [2.24, 2.45) is 5.73 Å². The lowest BCUT2D eigenvalue weighted by Gasteiger charge is -2.11. The third kappa shape index (κ3) is 4.07. The number of rotatable bonds is 7. The first-order valence-electron chi connectivity index (χ1n) is 5.91. The number of aryl methyl sites for hydroxylation is 1. The summed E-state index contributed by atoms with van der Waals surface area (Å²) >= 11 is 0. The lowest BCUT2D eigenvalue weighted by molar-refractivity contribution is 0.100. The molecular formula is C13H20N2O2. The molecule has 0 fully saturated rings. The number of aliphatic hydroxyl groups is 1. The van der Waals surface area contributed by atoms with Gasteiger partial charge in [-0.15, -0.1) is 0 Å². The molecule has 0 unspecified atom stereocenters. The van der Waals surface area contributed by atoms with Gasteiger partial charge < -0.3 is 16.2 Å². The van der Waals surface area contributed by atoms with Crippen molar-refractivity contribution in [3.8, 4) is 0 Å². The fourth-order valence-electron chi connectivity index (χ4n) is 1.78. The van der Waals surface area contributed by atoms with E-state index in [1.807, 2.05) is 25.1 Å². The summed E-state index contributed by atoms with van der Waals surface area (Å²) in [5, 5.41) is 11.9. The molecule has 4 N–H and O–H groups in total. The molecular weight excluding hydrogens is 216 g/mol. The second-order valence-corrected chi connectivity index (χ2v) is 4.07. The SMILES string of the molecule is Cc1cccc(NCCCCCO)c1C(N)=O. The zero-order chi connectivity index (χ0) is 12.7. The maximum Gasteiger partial charge on any atom is 0.251 e. The highest BCUT2D eigenvalue weighted by molar-refractivity contribution is 5.99. The van der Waals surface area contributed by atoms with Crippen molar-refractivity contribution < 1.29 is 9.90 Å². The van der Waals surface area contributed by atoms with Crippen LogP contribution in [-0.2, 0) is 0 Å². The quantitative estimate of drug-likeness (QED) is 0.630. The van der Waals surface area contributed by atoms with Crippen LogP contribution in [0.25, 0.3) is 0 Å². The number of primary amides is 1. The second kappa shape index (κ2) is 6.91. The van der Waals surface area contributed by atoms with Gasteiger partial charge in [-0.3, -0.25) is 4.79 Å². The Balaban J connectivity index is 2.58. The van der Waals surface area contributed by atoms with Crippen LogP contribution in [0.2, 0.25) is 0 Å². The lowest BCUT2D eigenvalue weighted by Crippen LogP contribution is -2.16. The Morgan fingerprint density at radius 1 is 1.35 bits per heavy atom. The Bertz CT molecular complexity index is 378. The second-order valence-electron chi connectivity index (χ2n) is 4.07. The van der Waals surface area contributed by atoms with Gasteiger partial charge in [0.25, 0.3) is 5.91 Å². The number of aliphatic hydroxyl groups excluding tert-OH is 1. The fraction of sp³-hybridized carbons (Fsp3) is 0.462. The van der Waals surface area contributed by atoms with E-state index in [-0.39, 0.29) is 6.61 Å². The third-order valence-electron chi connectivity index (χ3n) is 2.67. The van der Waals surface area contributed by atoms with Crippen LogP contribution < -0.4 is 11.1 Å². The zero-order valence-electron chi connectivity index (χ0n) is 10.2. The van der Waals surface area contributed by atoms with Crippen LogP contribution in [0.15, 0.2) is 18.2 Å². The van der Waals surface area contributed by atoms with Crippen molar-refractivity contribution in [3.05, 3.63) is 29.3 Å². The number of nitrogens with one attached hydrogen (secondary N) is 1. The number of amides is 1. The molecule has 0 aromatic heterocycles. The van der Waals surface area contributed by atoms with Gasteiger partial charge >= 0.3 is 0 Å². The monoisotopic (exact) mass is 236 g/mol. The van der Waals surface area contributed by atoms with Crippen molar-refractivity contribution >= 4 is 11.6 Å². The number of anilines is 1. The van der Waals surface area contributed by atoms with Crippen LogP contribution in [0.5, 0.6) is 0 Å². The van der Waals surface area contributed by atoms with Crippen LogP contribution in [0.3, 0.4) is 0 Å². The Kier molecular flexibility index (Phi) is 5.49. The lowest BCUT2D eigenvalue weighted by atomic mass is 10.1. The van der Waals surface area contributed by atoms with Gasteiger partial charge in [-0.2, -0.15) is 0 Å². The normalized spacial score (nSPS) is 10.2. The minimum absolute atomic E-state index is 0.233. The molecule has 1 rings (SSSR count). The van der Waals surface area contributed by atoms with E-state index in [1.165, 1.54) is 0 Å². The van der Waals surface area contributed by atoms with E-state index in [2.05, 4.69) is 5.32 Å². The topological polar surface area (TPSA) is 75.3 Å². The van der Waals surface area contributed by atoms with Gasteiger partial charge in [-0.1, -0.05) is 12.1 Å². The Morgan fingerprint density at radius 3 is 2.76 bits per heavy atom. The summed E-state index contributed by atoms with van der Waals surface area (Å²) in [6.07, 6.45) is 2.76. The first kappa shape index (κ1) is 13.5. The number of carbonyl (C=O) groups is 1. The molecule has 0 spiro atoms. The number of hydrogen-bond donors (Lipinski definition) is 3. The molecule has 0 atom stereocenters. The van der Waals surface area contributed by atoms with E-state index in [1.54, 1.807) is 0 Å². The van der Waals surface area contributed by atoms with Gasteiger partial charge in [-0.25, -0.2) is 0 Å². The van der Waals surface area contributed by atoms with Crippen molar-refractivity contribution in [2.75, 3.05) is 18.5 Å². The van der Waals surface area contributed by atoms with Gasteiger partial charge in [0.2, 0.25) is 0 Å². The van der Waals surface area contributed by atoms with Gasteiger partial charge in [0.05, 0.1) is 5.56 Å². The standard InChI is InChI=1S/C13H20N2O2/c1-10-6-5-7-11(12(10)13(14)17)15-8-3-2-4-9-16/h5-7,15-16H,2-4,8-9H2,1H3,(H2,14,17). The largest absolute Gasteiger partial charge is 0.396 e. The van der Waals surface area contributed by atoms with Crippen LogP contribution >= 0.6 is 0 Å². The van der Waals surface area contributed by atoms with Crippen molar-refractivity contribution in [1.82, 2.24) is 0 Å². The highest BCUT2D eigenvalue weighted by Crippen LogP contribution is 2.18. The van der Waals surface area contributed by atoms with E-state index in [9.17, 15) is 4.79 Å². The molecule has 1 aromatic carbocycles. The van der Waals surface area contributed by atoms with Crippen LogP contribution in [0.4, 0.5) is 5.69 Å². The van der Waals surface area contributed by atoms with E-state index in [0.717, 1.165) is 37.1 Å². The maximum atomic E-state index is 11.3. The van der Waals surface area contributed by atoms with Gasteiger partial charge in [0, 0.05) is 18.8 Å². The van der Waals surface area contributed by atoms with Gasteiger partial charge in [0.1, 0.15) is 0 Å². The van der Waals surface area contributed by atoms with Crippen molar-refractivity contribution in [1.29, 1.82) is 0 Å². The molecule has 0 radical (unpaired) electrons. The molecule has 0 saturated carbocycles. The Morgan fingerprint density at radius 2 is 2.12 bits per heavy atom. The van der Waals surface area contributed by atoms with Crippen LogP contribution in [-0.4, -0.2) is 24.2 Å². The summed E-state index contributed by atoms with van der Waals surface area (Å²) in [6, 6.07) is 5.63. The molecule has 0 aliphatic heterocycles. The summed E-state index contributed by atoms with van der Waals surface area (Å²) in [5.41, 5.74) is 7.60. The highest BCUT2D eigenvalue weighted by Gasteiger charge is 2.09. The van der Waals surface area contributed by atoms with Crippen molar-refractivity contribution in [2.45, 2.75) is 26.2 Å². The smallest absolute Gasteiger partial charge is 0.251 e. The molecule has 1 amide bonds. The van der Waals surface area contributed by atoms with Crippen molar-refractivity contribution in [3.63, 3.8) is 0 Å². The van der Waals surface area contributed by atoms with E-state index < -0.39 is 5.91 Å². The first-order chi connectivity index (χ1) is 8.16. The molecule has 0 aliphatic rings. The third-order valence-corrected chi connectivity index (χ3v) is 2.67. The average molecular weight is 236 g/mol. The maximum absolute atomic E-state index is 11.3. The summed E-state index contributed by atoms with van der Waals surface area (Å²) < 4.78 is 0. The summed E-state index contributed by atoms with van der Waals surface area (Å²) in [7, 11) is 0. The minimum Gasteiger partial charge on any atom is -0.396 e. The number of carbonyl (C=O) groups excluding carboxylic acids is 1. The molecule has 0 heterocycles. The molecule has 0 aliphatic carbocycles. The Hall–Kier alpha value is -1.55. The summed E-state index contributed by atoms with van der Waals surface area (Å²) in [4.78, 5) is 11.3. The number of nitrogens with two attached hydrogens (primary N) is 1.